The summed E-state index contributed by atoms with van der Waals surface area (Å²) in [6, 6.07) is 6.14. The Bertz CT molecular complexity index is 404. The van der Waals surface area contributed by atoms with Gasteiger partial charge in [0.15, 0.2) is 0 Å². The molecule has 0 heterocycles. The molecule has 0 aliphatic heterocycles. The number of hydrogen-bond donors (Lipinski definition) is 2. The third-order valence-corrected chi connectivity index (χ3v) is 3.78. The molecule has 3 N–H and O–H groups in total. The van der Waals surface area contributed by atoms with Crippen molar-refractivity contribution in [2.24, 2.45) is 5.73 Å². The van der Waals surface area contributed by atoms with Crippen molar-refractivity contribution in [2.75, 3.05) is 24.2 Å². The van der Waals surface area contributed by atoms with Gasteiger partial charge in [-0.25, -0.2) is 0 Å². The number of rotatable bonds is 7. The van der Waals surface area contributed by atoms with Crippen molar-refractivity contribution >= 4 is 23.3 Å². The fourth-order valence-corrected chi connectivity index (χ4v) is 2.66. The molecule has 0 radical (unpaired) electrons. The maximum Gasteiger partial charge on any atom is 0.126 e. The lowest BCUT2D eigenvalue weighted by Gasteiger charge is -2.26. The largest absolute Gasteiger partial charge is 0.384 e. The van der Waals surface area contributed by atoms with E-state index in [1.165, 1.54) is 6.42 Å². The fraction of sp³-hybridized carbons (Fsp3) is 0.500. The van der Waals surface area contributed by atoms with Gasteiger partial charge in [0, 0.05) is 23.7 Å². The Morgan fingerprint density at radius 1 is 1.39 bits per heavy atom. The number of nitrogens with one attached hydrogen (secondary N) is 1. The van der Waals surface area contributed by atoms with Crippen molar-refractivity contribution in [2.45, 2.75) is 31.6 Å². The number of nitrogens with zero attached hydrogens (tertiary/aromatic N) is 1. The van der Waals surface area contributed by atoms with E-state index in [1.807, 2.05) is 18.4 Å². The van der Waals surface area contributed by atoms with Crippen molar-refractivity contribution in [1.82, 2.24) is 0 Å². The van der Waals surface area contributed by atoms with Gasteiger partial charge in [-0.15, -0.1) is 11.8 Å². The predicted molar refractivity (Wildman–Crippen MR) is 82.0 cm³/mol. The van der Waals surface area contributed by atoms with Crippen LogP contribution in [0.4, 0.5) is 5.69 Å². The van der Waals surface area contributed by atoms with Crippen molar-refractivity contribution in [3.8, 4) is 0 Å². The van der Waals surface area contributed by atoms with Crippen molar-refractivity contribution < 1.29 is 0 Å². The number of unbranched alkanes of at least 4 members (excludes halogenated alkanes) is 1. The van der Waals surface area contributed by atoms with Crippen molar-refractivity contribution in [1.29, 1.82) is 5.41 Å². The standard InChI is InChI=1S/C14H23N3S/c1-4-6-10-17(5-2)11-8-7-9-12(18-3)13(11)14(15)16/h7-9H,4-6,10H2,1-3H3,(H3,15,16). The third-order valence-electron chi connectivity index (χ3n) is 3.00. The molecule has 0 fully saturated rings. The Morgan fingerprint density at radius 3 is 2.61 bits per heavy atom. The van der Waals surface area contributed by atoms with E-state index in [1.54, 1.807) is 11.8 Å². The Hall–Kier alpha value is -1.16. The fourth-order valence-electron chi connectivity index (χ4n) is 2.02. The molecular formula is C14H23N3S. The highest BCUT2D eigenvalue weighted by Gasteiger charge is 2.14. The second-order valence-corrected chi connectivity index (χ2v) is 5.05. The van der Waals surface area contributed by atoms with Crippen LogP contribution in [0.5, 0.6) is 0 Å². The zero-order valence-electron chi connectivity index (χ0n) is 11.5. The number of amidine groups is 1. The van der Waals surface area contributed by atoms with Crippen LogP contribution < -0.4 is 10.6 Å². The molecule has 0 spiro atoms. The van der Waals surface area contributed by atoms with Gasteiger partial charge in [-0.1, -0.05) is 19.4 Å². The van der Waals surface area contributed by atoms with E-state index >= 15 is 0 Å². The van der Waals surface area contributed by atoms with Gasteiger partial charge in [-0.3, -0.25) is 5.41 Å². The van der Waals surface area contributed by atoms with Crippen LogP contribution in [0.1, 0.15) is 32.3 Å². The molecule has 3 nitrogen and oxygen atoms in total. The van der Waals surface area contributed by atoms with Gasteiger partial charge in [-0.2, -0.15) is 0 Å². The van der Waals surface area contributed by atoms with Crippen LogP contribution in [0.3, 0.4) is 0 Å². The third kappa shape index (κ3) is 3.42. The summed E-state index contributed by atoms with van der Waals surface area (Å²) < 4.78 is 0. The summed E-state index contributed by atoms with van der Waals surface area (Å²) in [7, 11) is 0. The Morgan fingerprint density at radius 2 is 2.11 bits per heavy atom. The summed E-state index contributed by atoms with van der Waals surface area (Å²) in [6.07, 6.45) is 4.36. The maximum absolute atomic E-state index is 7.80. The number of anilines is 1. The van der Waals surface area contributed by atoms with E-state index in [0.717, 1.165) is 35.7 Å². The average Bonchev–Trinajstić information content (AvgIpc) is 2.38. The molecule has 0 bridgehead atoms. The first-order valence-electron chi connectivity index (χ1n) is 6.42. The second-order valence-electron chi connectivity index (χ2n) is 4.20. The smallest absolute Gasteiger partial charge is 0.126 e. The maximum atomic E-state index is 7.80. The van der Waals surface area contributed by atoms with E-state index in [2.05, 4.69) is 24.8 Å². The van der Waals surface area contributed by atoms with Gasteiger partial charge in [0.05, 0.1) is 5.56 Å². The first kappa shape index (κ1) is 14.9. The Kier molecular flexibility index (Phi) is 6.05. The van der Waals surface area contributed by atoms with Crippen LogP contribution in [0.2, 0.25) is 0 Å². The van der Waals surface area contributed by atoms with Crippen LogP contribution in [0.25, 0.3) is 0 Å². The number of nitrogen functional groups attached to an aromatic ring is 1. The monoisotopic (exact) mass is 265 g/mol. The van der Waals surface area contributed by atoms with Crippen LogP contribution in [0, 0.1) is 5.41 Å². The lowest BCUT2D eigenvalue weighted by Crippen LogP contribution is -2.27. The predicted octanol–water partition coefficient (Wildman–Crippen LogP) is 3.32. The topological polar surface area (TPSA) is 53.1 Å². The van der Waals surface area contributed by atoms with E-state index in [4.69, 9.17) is 11.1 Å². The molecule has 0 saturated carbocycles. The quantitative estimate of drug-likeness (QED) is 0.452. The number of hydrogen-bond acceptors (Lipinski definition) is 3. The molecule has 100 valence electrons. The minimum atomic E-state index is 0.157. The van der Waals surface area contributed by atoms with Gasteiger partial charge in [0.25, 0.3) is 0 Å². The molecule has 0 amide bonds. The highest BCUT2D eigenvalue weighted by molar-refractivity contribution is 7.98. The Balaban J connectivity index is 3.16. The van der Waals surface area contributed by atoms with Crippen LogP contribution in [0.15, 0.2) is 23.1 Å². The highest BCUT2D eigenvalue weighted by atomic mass is 32.2. The Labute approximate surface area is 114 Å². The minimum Gasteiger partial charge on any atom is -0.384 e. The molecule has 1 rings (SSSR count). The SMILES string of the molecule is CCCCN(CC)c1cccc(SC)c1C(=N)N. The highest BCUT2D eigenvalue weighted by Crippen LogP contribution is 2.29. The molecule has 0 aliphatic rings. The van der Waals surface area contributed by atoms with Crippen molar-refractivity contribution in [3.05, 3.63) is 23.8 Å². The summed E-state index contributed by atoms with van der Waals surface area (Å²) in [5.41, 5.74) is 7.72. The molecule has 1 aromatic rings. The van der Waals surface area contributed by atoms with Gasteiger partial charge < -0.3 is 10.6 Å². The van der Waals surface area contributed by atoms with Crippen LogP contribution >= 0.6 is 11.8 Å². The van der Waals surface area contributed by atoms with Gasteiger partial charge in [0.2, 0.25) is 0 Å². The number of nitrogens with two attached hydrogens (primary N) is 1. The zero-order chi connectivity index (χ0) is 13.5. The molecule has 1 aromatic carbocycles. The molecule has 0 unspecified atom stereocenters. The van der Waals surface area contributed by atoms with Gasteiger partial charge >= 0.3 is 0 Å². The first-order chi connectivity index (χ1) is 8.65. The van der Waals surface area contributed by atoms with Crippen LogP contribution in [-0.2, 0) is 0 Å². The van der Waals surface area contributed by atoms with Crippen molar-refractivity contribution in [3.63, 3.8) is 0 Å². The van der Waals surface area contributed by atoms with E-state index in [9.17, 15) is 0 Å². The van der Waals surface area contributed by atoms with Gasteiger partial charge in [-0.05, 0) is 31.7 Å². The molecule has 0 aromatic heterocycles. The molecule has 0 atom stereocenters. The lowest BCUT2D eigenvalue weighted by molar-refractivity contribution is 0.731. The first-order valence-corrected chi connectivity index (χ1v) is 7.64. The summed E-state index contributed by atoms with van der Waals surface area (Å²) in [6.45, 7) is 6.30. The van der Waals surface area contributed by atoms with Gasteiger partial charge in [0.1, 0.15) is 5.84 Å². The average molecular weight is 265 g/mol. The molecule has 0 saturated heterocycles. The second kappa shape index (κ2) is 7.31. The summed E-state index contributed by atoms with van der Waals surface area (Å²) in [5, 5.41) is 7.80. The lowest BCUT2D eigenvalue weighted by atomic mass is 10.1. The minimum absolute atomic E-state index is 0.157. The molecule has 18 heavy (non-hydrogen) atoms. The summed E-state index contributed by atoms with van der Waals surface area (Å²) in [5.74, 6) is 0.157. The summed E-state index contributed by atoms with van der Waals surface area (Å²) in [4.78, 5) is 3.38. The zero-order valence-corrected chi connectivity index (χ0v) is 12.3. The van der Waals surface area contributed by atoms with Crippen LogP contribution in [-0.4, -0.2) is 25.2 Å². The van der Waals surface area contributed by atoms with E-state index < -0.39 is 0 Å². The normalized spacial score (nSPS) is 10.4. The van der Waals surface area contributed by atoms with E-state index in [-0.39, 0.29) is 5.84 Å². The number of benzene rings is 1. The van der Waals surface area contributed by atoms with E-state index in [0.29, 0.717) is 0 Å². The molecule has 0 aliphatic carbocycles. The molecular weight excluding hydrogens is 242 g/mol. The number of thioether (sulfide) groups is 1. The molecule has 4 heteroatoms. The summed E-state index contributed by atoms with van der Waals surface area (Å²) >= 11 is 1.64.